The molecular weight excluding hydrogens is 240 g/mol. The Hall–Kier alpha value is -0.880. The van der Waals surface area contributed by atoms with Crippen molar-refractivity contribution in [2.24, 2.45) is 0 Å². The average Bonchev–Trinajstić information content (AvgIpc) is 2.86. The maximum atomic E-state index is 11.4. The maximum Gasteiger partial charge on any atom is 0.208 e. The lowest BCUT2D eigenvalue weighted by Gasteiger charge is -2.01. The maximum absolute atomic E-state index is 11.4. The molecule has 0 bridgehead atoms. The van der Waals surface area contributed by atoms with Gasteiger partial charge >= 0.3 is 0 Å². The van der Waals surface area contributed by atoms with E-state index in [2.05, 4.69) is 10.3 Å². The number of oxazole rings is 1. The van der Waals surface area contributed by atoms with Crippen LogP contribution in [0.15, 0.2) is 10.6 Å². The normalized spacial score (nSPS) is 27.4. The zero-order valence-electron chi connectivity index (χ0n) is 9.55. The molecule has 2 fully saturated rings. The second-order valence-electron chi connectivity index (χ2n) is 4.91. The van der Waals surface area contributed by atoms with E-state index in [-0.39, 0.29) is 17.4 Å². The molecule has 0 aromatic carbocycles. The summed E-state index contributed by atoms with van der Waals surface area (Å²) in [7, 11) is -2.85. The minimum atomic E-state index is -2.85. The first-order valence-corrected chi connectivity index (χ1v) is 7.83. The van der Waals surface area contributed by atoms with Gasteiger partial charge in [0.1, 0.15) is 5.76 Å². The van der Waals surface area contributed by atoms with Crippen LogP contribution in [-0.2, 0) is 16.4 Å². The van der Waals surface area contributed by atoms with Gasteiger partial charge in [0, 0.05) is 12.0 Å². The monoisotopic (exact) mass is 256 g/mol. The zero-order valence-corrected chi connectivity index (χ0v) is 10.4. The van der Waals surface area contributed by atoms with Crippen molar-refractivity contribution in [1.29, 1.82) is 0 Å². The number of rotatable bonds is 4. The third-order valence-corrected chi connectivity index (χ3v) is 5.09. The van der Waals surface area contributed by atoms with Gasteiger partial charge in [-0.2, -0.15) is 0 Å². The highest BCUT2D eigenvalue weighted by atomic mass is 32.2. The predicted molar refractivity (Wildman–Crippen MR) is 62.4 cm³/mol. The number of aromatic nitrogens is 1. The number of nitrogens with one attached hydrogen (secondary N) is 1. The van der Waals surface area contributed by atoms with Crippen LogP contribution < -0.4 is 5.32 Å². The van der Waals surface area contributed by atoms with Crippen molar-refractivity contribution >= 4 is 9.84 Å². The standard InChI is InChI=1S/C11H16N2O3S/c14-17(15)4-3-8(7-17)10-5-13-11(16-10)6-12-9-1-2-9/h5,8-9,12H,1-4,6-7H2. The Morgan fingerprint density at radius 2 is 2.24 bits per heavy atom. The highest BCUT2D eigenvalue weighted by molar-refractivity contribution is 7.91. The van der Waals surface area contributed by atoms with E-state index in [0.717, 1.165) is 5.76 Å². The van der Waals surface area contributed by atoms with Gasteiger partial charge in [-0.3, -0.25) is 0 Å². The van der Waals surface area contributed by atoms with E-state index in [1.54, 1.807) is 6.20 Å². The van der Waals surface area contributed by atoms with Gasteiger partial charge in [0.05, 0.1) is 24.2 Å². The Morgan fingerprint density at radius 1 is 1.41 bits per heavy atom. The molecule has 1 saturated carbocycles. The van der Waals surface area contributed by atoms with E-state index in [9.17, 15) is 8.42 Å². The number of sulfone groups is 1. The van der Waals surface area contributed by atoms with Crippen LogP contribution in [0.1, 0.15) is 36.8 Å². The molecule has 6 heteroatoms. The second-order valence-corrected chi connectivity index (χ2v) is 7.14. The van der Waals surface area contributed by atoms with Crippen LogP contribution in [0.3, 0.4) is 0 Å². The largest absolute Gasteiger partial charge is 0.444 e. The molecule has 1 atom stereocenters. The fraction of sp³-hybridized carbons (Fsp3) is 0.727. The van der Waals surface area contributed by atoms with Crippen molar-refractivity contribution in [3.63, 3.8) is 0 Å². The lowest BCUT2D eigenvalue weighted by Crippen LogP contribution is -2.15. The van der Waals surface area contributed by atoms with Gasteiger partial charge in [-0.05, 0) is 19.3 Å². The Bertz CT molecular complexity index is 505. The molecule has 1 unspecified atom stereocenters. The summed E-state index contributed by atoms with van der Waals surface area (Å²) in [6.07, 6.45) is 4.80. The SMILES string of the molecule is O=S1(=O)CCC(c2cnc(CNC3CC3)o2)C1. The third kappa shape index (κ3) is 2.69. The van der Waals surface area contributed by atoms with Crippen LogP contribution in [0.4, 0.5) is 0 Å². The molecule has 0 amide bonds. The molecule has 1 aliphatic heterocycles. The Balaban J connectivity index is 1.63. The quantitative estimate of drug-likeness (QED) is 0.863. The van der Waals surface area contributed by atoms with E-state index in [4.69, 9.17) is 4.42 Å². The van der Waals surface area contributed by atoms with Crippen molar-refractivity contribution in [3.05, 3.63) is 17.8 Å². The number of nitrogens with zero attached hydrogens (tertiary/aromatic N) is 1. The Kier molecular flexibility index (Phi) is 2.71. The molecule has 1 saturated heterocycles. The minimum absolute atomic E-state index is 0.00201. The first kappa shape index (κ1) is 11.2. The summed E-state index contributed by atoms with van der Waals surface area (Å²) >= 11 is 0. The highest BCUT2D eigenvalue weighted by Crippen LogP contribution is 2.29. The summed E-state index contributed by atoms with van der Waals surface area (Å²) in [5.74, 6) is 1.86. The van der Waals surface area contributed by atoms with Gasteiger partial charge in [-0.1, -0.05) is 0 Å². The molecule has 94 valence electrons. The van der Waals surface area contributed by atoms with Gasteiger partial charge in [0.25, 0.3) is 0 Å². The van der Waals surface area contributed by atoms with Crippen LogP contribution >= 0.6 is 0 Å². The fourth-order valence-corrected chi connectivity index (χ4v) is 3.89. The summed E-state index contributed by atoms with van der Waals surface area (Å²) in [5, 5.41) is 3.32. The molecule has 2 aliphatic rings. The van der Waals surface area contributed by atoms with Crippen molar-refractivity contribution in [1.82, 2.24) is 10.3 Å². The van der Waals surface area contributed by atoms with Crippen LogP contribution in [0, 0.1) is 0 Å². The molecule has 0 spiro atoms. The highest BCUT2D eigenvalue weighted by Gasteiger charge is 2.31. The van der Waals surface area contributed by atoms with Crippen LogP contribution in [0.5, 0.6) is 0 Å². The molecule has 1 N–H and O–H groups in total. The molecular formula is C11H16N2O3S. The summed E-state index contributed by atoms with van der Waals surface area (Å²) in [5.41, 5.74) is 0. The number of hydrogen-bond acceptors (Lipinski definition) is 5. The minimum Gasteiger partial charge on any atom is -0.444 e. The number of hydrogen-bond donors (Lipinski definition) is 1. The molecule has 0 radical (unpaired) electrons. The lowest BCUT2D eigenvalue weighted by molar-refractivity contribution is 0.417. The lowest BCUT2D eigenvalue weighted by atomic mass is 10.1. The van der Waals surface area contributed by atoms with E-state index >= 15 is 0 Å². The van der Waals surface area contributed by atoms with Gasteiger partial charge in [0.15, 0.2) is 9.84 Å². The van der Waals surface area contributed by atoms with E-state index in [0.29, 0.717) is 24.9 Å². The molecule has 1 aromatic rings. The molecule has 5 nitrogen and oxygen atoms in total. The summed E-state index contributed by atoms with van der Waals surface area (Å²) < 4.78 is 28.3. The first-order chi connectivity index (χ1) is 8.12. The average molecular weight is 256 g/mol. The van der Waals surface area contributed by atoms with E-state index in [1.807, 2.05) is 0 Å². The molecule has 2 heterocycles. The van der Waals surface area contributed by atoms with E-state index < -0.39 is 9.84 Å². The summed E-state index contributed by atoms with van der Waals surface area (Å²) in [4.78, 5) is 4.18. The first-order valence-electron chi connectivity index (χ1n) is 6.01. The molecule has 1 aromatic heterocycles. The fourth-order valence-electron chi connectivity index (χ4n) is 2.13. The summed E-state index contributed by atoms with van der Waals surface area (Å²) in [6, 6.07) is 0.622. The van der Waals surface area contributed by atoms with Gasteiger partial charge < -0.3 is 9.73 Å². The van der Waals surface area contributed by atoms with Crippen molar-refractivity contribution in [2.75, 3.05) is 11.5 Å². The summed E-state index contributed by atoms with van der Waals surface area (Å²) in [6.45, 7) is 0.643. The smallest absolute Gasteiger partial charge is 0.208 e. The van der Waals surface area contributed by atoms with Crippen molar-refractivity contribution in [2.45, 2.75) is 37.8 Å². The molecule has 1 aliphatic carbocycles. The van der Waals surface area contributed by atoms with Crippen LogP contribution in [0.25, 0.3) is 0 Å². The van der Waals surface area contributed by atoms with Crippen LogP contribution in [-0.4, -0.2) is 30.9 Å². The molecule has 17 heavy (non-hydrogen) atoms. The Labute approximate surface area is 101 Å². The van der Waals surface area contributed by atoms with Gasteiger partial charge in [0.2, 0.25) is 5.89 Å². The Morgan fingerprint density at radius 3 is 2.88 bits per heavy atom. The second kappa shape index (κ2) is 4.10. The van der Waals surface area contributed by atoms with Crippen molar-refractivity contribution < 1.29 is 12.8 Å². The van der Waals surface area contributed by atoms with Crippen molar-refractivity contribution in [3.8, 4) is 0 Å². The van der Waals surface area contributed by atoms with Crippen LogP contribution in [0.2, 0.25) is 0 Å². The zero-order chi connectivity index (χ0) is 11.9. The third-order valence-electron chi connectivity index (χ3n) is 3.33. The predicted octanol–water partition coefficient (Wildman–Crippen LogP) is 0.829. The molecule has 3 rings (SSSR count). The van der Waals surface area contributed by atoms with Gasteiger partial charge in [-0.25, -0.2) is 13.4 Å². The van der Waals surface area contributed by atoms with E-state index in [1.165, 1.54) is 12.8 Å². The van der Waals surface area contributed by atoms with Gasteiger partial charge in [-0.15, -0.1) is 0 Å². The topological polar surface area (TPSA) is 72.2 Å².